The zero-order chi connectivity index (χ0) is 13.3. The highest BCUT2D eigenvalue weighted by Gasteiger charge is 2.11. The summed E-state index contributed by atoms with van der Waals surface area (Å²) in [5.74, 6) is 0. The second kappa shape index (κ2) is 4.91. The molecule has 0 saturated heterocycles. The van der Waals surface area contributed by atoms with E-state index >= 15 is 0 Å². The lowest BCUT2D eigenvalue weighted by Gasteiger charge is -2.22. The van der Waals surface area contributed by atoms with E-state index in [9.17, 15) is 0 Å². The zero-order valence-electron chi connectivity index (χ0n) is 10.9. The summed E-state index contributed by atoms with van der Waals surface area (Å²) in [7, 11) is 1.99. The van der Waals surface area contributed by atoms with E-state index in [2.05, 4.69) is 30.0 Å². The Morgan fingerprint density at radius 2 is 1.78 bits per heavy atom. The van der Waals surface area contributed by atoms with E-state index in [-0.39, 0.29) is 0 Å². The number of hydrogen-bond donors (Lipinski definition) is 1. The Labute approximate surface area is 113 Å². The quantitative estimate of drug-likeness (QED) is 0.816. The molecular formula is C15H17ClN2. The Morgan fingerprint density at radius 1 is 1.06 bits per heavy atom. The number of benzene rings is 2. The van der Waals surface area contributed by atoms with Crippen LogP contribution in [0, 0.1) is 13.8 Å². The number of nitrogens with two attached hydrogens (primary N) is 1. The van der Waals surface area contributed by atoms with Gasteiger partial charge in [-0.25, -0.2) is 0 Å². The van der Waals surface area contributed by atoms with Crippen LogP contribution in [-0.2, 0) is 0 Å². The van der Waals surface area contributed by atoms with Crippen LogP contribution in [0.3, 0.4) is 0 Å². The normalized spacial score (nSPS) is 10.4. The molecule has 0 bridgehead atoms. The van der Waals surface area contributed by atoms with Crippen LogP contribution in [0.2, 0.25) is 5.02 Å². The van der Waals surface area contributed by atoms with Crippen molar-refractivity contribution in [2.24, 2.45) is 0 Å². The molecule has 0 aliphatic heterocycles. The van der Waals surface area contributed by atoms with E-state index in [1.807, 2.05) is 32.2 Å². The second-order valence-corrected chi connectivity index (χ2v) is 4.96. The van der Waals surface area contributed by atoms with Crippen LogP contribution < -0.4 is 10.6 Å². The molecule has 94 valence electrons. The maximum Gasteiger partial charge on any atom is 0.0872 e. The number of aryl methyl sites for hydroxylation is 2. The summed E-state index contributed by atoms with van der Waals surface area (Å²) in [5, 5.41) is 0.601. The number of halogens is 1. The fraction of sp³-hybridized carbons (Fsp3) is 0.200. The van der Waals surface area contributed by atoms with Crippen molar-refractivity contribution in [1.82, 2.24) is 0 Å². The molecule has 3 heteroatoms. The Balaban J connectivity index is 2.49. The molecule has 0 atom stereocenters. The maximum atomic E-state index is 6.28. The van der Waals surface area contributed by atoms with E-state index in [1.54, 1.807) is 0 Å². The summed E-state index contributed by atoms with van der Waals surface area (Å²) in [5.41, 5.74) is 10.9. The van der Waals surface area contributed by atoms with Gasteiger partial charge >= 0.3 is 0 Å². The molecule has 0 saturated carbocycles. The zero-order valence-corrected chi connectivity index (χ0v) is 11.6. The first-order chi connectivity index (χ1) is 8.49. The Morgan fingerprint density at radius 3 is 2.44 bits per heavy atom. The number of anilines is 3. The van der Waals surface area contributed by atoms with Gasteiger partial charge in [0.25, 0.3) is 0 Å². The lowest BCUT2D eigenvalue weighted by Crippen LogP contribution is -2.11. The third-order valence-corrected chi connectivity index (χ3v) is 3.39. The van der Waals surface area contributed by atoms with Gasteiger partial charge in [-0.15, -0.1) is 0 Å². The van der Waals surface area contributed by atoms with Crippen molar-refractivity contribution >= 4 is 28.7 Å². The first-order valence-electron chi connectivity index (χ1n) is 5.85. The van der Waals surface area contributed by atoms with Crippen molar-refractivity contribution in [1.29, 1.82) is 0 Å². The van der Waals surface area contributed by atoms with Crippen molar-refractivity contribution in [2.75, 3.05) is 17.7 Å². The molecule has 0 radical (unpaired) electrons. The minimum atomic E-state index is 0.601. The second-order valence-electron chi connectivity index (χ2n) is 4.59. The molecule has 18 heavy (non-hydrogen) atoms. The molecule has 0 heterocycles. The lowest BCUT2D eigenvalue weighted by molar-refractivity contribution is 1.20. The molecule has 0 aliphatic carbocycles. The monoisotopic (exact) mass is 260 g/mol. The van der Waals surface area contributed by atoms with Crippen LogP contribution in [-0.4, -0.2) is 7.05 Å². The van der Waals surface area contributed by atoms with E-state index in [4.69, 9.17) is 17.3 Å². The largest absolute Gasteiger partial charge is 0.397 e. The van der Waals surface area contributed by atoms with Crippen LogP contribution in [0.4, 0.5) is 17.1 Å². The number of rotatable bonds is 2. The van der Waals surface area contributed by atoms with Crippen LogP contribution in [0.25, 0.3) is 0 Å². The van der Waals surface area contributed by atoms with Gasteiger partial charge in [-0.1, -0.05) is 23.7 Å². The first-order valence-corrected chi connectivity index (χ1v) is 6.23. The van der Waals surface area contributed by atoms with E-state index in [0.29, 0.717) is 10.7 Å². The van der Waals surface area contributed by atoms with Gasteiger partial charge in [0.1, 0.15) is 0 Å². The number of nitrogen functional groups attached to an aromatic ring is 1. The standard InChI is InChI=1S/C15H17ClN2/c1-10-5-4-6-12(7-10)18(3)14-9-11(2)8-13(17)15(14)16/h4-9H,17H2,1-3H3. The lowest BCUT2D eigenvalue weighted by atomic mass is 10.1. The molecule has 2 N–H and O–H groups in total. The third-order valence-electron chi connectivity index (χ3n) is 2.98. The average Bonchev–Trinajstić information content (AvgIpc) is 2.33. The van der Waals surface area contributed by atoms with E-state index < -0.39 is 0 Å². The molecule has 0 spiro atoms. The highest BCUT2D eigenvalue weighted by Crippen LogP contribution is 2.35. The van der Waals surface area contributed by atoms with Crippen LogP contribution >= 0.6 is 11.6 Å². The van der Waals surface area contributed by atoms with Gasteiger partial charge in [0.2, 0.25) is 0 Å². The Bertz CT molecular complexity index is 579. The summed E-state index contributed by atoms with van der Waals surface area (Å²) in [6.45, 7) is 4.09. The number of nitrogens with zero attached hydrogens (tertiary/aromatic N) is 1. The van der Waals surface area contributed by atoms with Crippen molar-refractivity contribution < 1.29 is 0 Å². The van der Waals surface area contributed by atoms with Gasteiger partial charge in [0.05, 0.1) is 16.4 Å². The summed E-state index contributed by atoms with van der Waals surface area (Å²) in [6.07, 6.45) is 0. The molecule has 2 nitrogen and oxygen atoms in total. The summed E-state index contributed by atoms with van der Waals surface area (Å²) in [6, 6.07) is 12.2. The van der Waals surface area contributed by atoms with Crippen molar-refractivity contribution in [3.63, 3.8) is 0 Å². The van der Waals surface area contributed by atoms with Crippen molar-refractivity contribution in [3.05, 3.63) is 52.5 Å². The topological polar surface area (TPSA) is 29.3 Å². The smallest absolute Gasteiger partial charge is 0.0872 e. The predicted octanol–water partition coefficient (Wildman–Crippen LogP) is 4.31. The molecule has 0 amide bonds. The van der Waals surface area contributed by atoms with Gasteiger partial charge in [0.15, 0.2) is 0 Å². The van der Waals surface area contributed by atoms with E-state index in [1.165, 1.54) is 5.56 Å². The first kappa shape index (κ1) is 12.8. The van der Waals surface area contributed by atoms with Crippen molar-refractivity contribution in [3.8, 4) is 0 Å². The van der Waals surface area contributed by atoms with Gasteiger partial charge in [-0.2, -0.15) is 0 Å². The Hall–Kier alpha value is -1.67. The fourth-order valence-corrected chi connectivity index (χ4v) is 2.23. The highest BCUT2D eigenvalue weighted by molar-refractivity contribution is 6.36. The molecule has 0 fully saturated rings. The summed E-state index contributed by atoms with van der Waals surface area (Å²) in [4.78, 5) is 2.05. The molecule has 2 rings (SSSR count). The van der Waals surface area contributed by atoms with Crippen molar-refractivity contribution in [2.45, 2.75) is 13.8 Å². The molecular weight excluding hydrogens is 244 g/mol. The molecule has 2 aromatic rings. The molecule has 0 aromatic heterocycles. The molecule has 0 aliphatic rings. The highest BCUT2D eigenvalue weighted by atomic mass is 35.5. The SMILES string of the molecule is Cc1cccc(N(C)c2cc(C)cc(N)c2Cl)c1. The average molecular weight is 261 g/mol. The van der Waals surface area contributed by atoms with Gasteiger partial charge < -0.3 is 10.6 Å². The molecule has 0 unspecified atom stereocenters. The Kier molecular flexibility index (Phi) is 3.48. The van der Waals surface area contributed by atoms with Crippen LogP contribution in [0.1, 0.15) is 11.1 Å². The fourth-order valence-electron chi connectivity index (χ4n) is 2.00. The minimum absolute atomic E-state index is 0.601. The van der Waals surface area contributed by atoms with Gasteiger partial charge in [-0.05, 0) is 49.2 Å². The maximum absolute atomic E-state index is 6.28. The summed E-state index contributed by atoms with van der Waals surface area (Å²) >= 11 is 6.28. The van der Waals surface area contributed by atoms with Gasteiger partial charge in [0, 0.05) is 12.7 Å². The number of hydrogen-bond acceptors (Lipinski definition) is 2. The predicted molar refractivity (Wildman–Crippen MR) is 79.8 cm³/mol. The third kappa shape index (κ3) is 2.44. The van der Waals surface area contributed by atoms with Gasteiger partial charge in [-0.3, -0.25) is 0 Å². The van der Waals surface area contributed by atoms with Crippen LogP contribution in [0.15, 0.2) is 36.4 Å². The molecule has 2 aromatic carbocycles. The van der Waals surface area contributed by atoms with E-state index in [0.717, 1.165) is 16.9 Å². The minimum Gasteiger partial charge on any atom is -0.397 e. The van der Waals surface area contributed by atoms with Crippen LogP contribution in [0.5, 0.6) is 0 Å². The summed E-state index contributed by atoms with van der Waals surface area (Å²) < 4.78 is 0.